The van der Waals surface area contributed by atoms with Crippen molar-refractivity contribution in [3.63, 3.8) is 0 Å². The van der Waals surface area contributed by atoms with E-state index >= 15 is 0 Å². The predicted octanol–water partition coefficient (Wildman–Crippen LogP) is 3.45. The van der Waals surface area contributed by atoms with Gasteiger partial charge in [0.25, 0.3) is 0 Å². The fraction of sp³-hybridized carbons (Fsp3) is 0.435. The number of anilines is 2. The maximum atomic E-state index is 12.3. The smallest absolute Gasteiger partial charge is 0.409 e. The van der Waals surface area contributed by atoms with Crippen molar-refractivity contribution < 1.29 is 9.53 Å². The van der Waals surface area contributed by atoms with Gasteiger partial charge in [0.15, 0.2) is 0 Å². The molecule has 0 bridgehead atoms. The highest BCUT2D eigenvalue weighted by Crippen LogP contribution is 2.53. The molecular formula is C23H26ClN7O2. The predicted molar refractivity (Wildman–Crippen MR) is 128 cm³/mol. The van der Waals surface area contributed by atoms with E-state index in [2.05, 4.69) is 36.7 Å². The number of halogens is 1. The van der Waals surface area contributed by atoms with Gasteiger partial charge in [-0.3, -0.25) is 0 Å². The largest absolute Gasteiger partial charge is 0.453 e. The number of rotatable bonds is 3. The fourth-order valence-electron chi connectivity index (χ4n) is 5.31. The zero-order valence-corrected chi connectivity index (χ0v) is 19.3. The van der Waals surface area contributed by atoms with Crippen molar-refractivity contribution in [1.29, 1.82) is 0 Å². The topological polar surface area (TPSA) is 86.5 Å². The van der Waals surface area contributed by atoms with Gasteiger partial charge in [0.05, 0.1) is 13.7 Å². The first-order valence-electron chi connectivity index (χ1n) is 11.0. The van der Waals surface area contributed by atoms with Crippen molar-refractivity contribution in [1.82, 2.24) is 14.9 Å². The molecule has 3 aliphatic rings. The van der Waals surface area contributed by atoms with Crippen molar-refractivity contribution in [2.45, 2.75) is 19.4 Å². The Kier molecular flexibility index (Phi) is 5.65. The molecule has 2 aromatic rings. The van der Waals surface area contributed by atoms with E-state index in [-0.39, 0.29) is 17.4 Å². The minimum atomic E-state index is -0.358. The number of carbonyl (C=O) groups excluding carboxylic acids is 1. The molecule has 1 amide bonds. The summed E-state index contributed by atoms with van der Waals surface area (Å²) in [5, 5.41) is 8.99. The maximum Gasteiger partial charge on any atom is 0.409 e. The molecule has 1 aromatic heterocycles. The number of amides is 1. The minimum Gasteiger partial charge on any atom is -0.453 e. The van der Waals surface area contributed by atoms with Crippen LogP contribution in [0.25, 0.3) is 0 Å². The molecule has 5 rings (SSSR count). The van der Waals surface area contributed by atoms with Gasteiger partial charge in [-0.25, -0.2) is 14.8 Å². The highest BCUT2D eigenvalue weighted by Gasteiger charge is 2.55. The number of carbonyl (C=O) groups is 1. The molecule has 1 saturated carbocycles. The molecule has 0 atom stereocenters. The summed E-state index contributed by atoms with van der Waals surface area (Å²) < 4.78 is 4.97. The zero-order chi connectivity index (χ0) is 23.0. The third-order valence-corrected chi connectivity index (χ3v) is 7.02. The Labute approximate surface area is 197 Å². The molecule has 0 N–H and O–H groups in total. The van der Waals surface area contributed by atoms with Gasteiger partial charge in [-0.05, 0) is 42.7 Å². The summed E-state index contributed by atoms with van der Waals surface area (Å²) >= 11 is 6.28. The van der Waals surface area contributed by atoms with E-state index in [9.17, 15) is 4.79 Å². The lowest BCUT2D eigenvalue weighted by Crippen LogP contribution is -2.65. The van der Waals surface area contributed by atoms with Gasteiger partial charge in [-0.15, -0.1) is 5.10 Å². The number of amidine groups is 1. The van der Waals surface area contributed by atoms with Crippen molar-refractivity contribution >= 4 is 41.9 Å². The van der Waals surface area contributed by atoms with Crippen molar-refractivity contribution in [3.8, 4) is 0 Å². The SMILES string of the molecule is C=N/N=C(/C1CC2(C1)CN(c1ncccn1)C2)N1CCN(C(=O)OC)Cc2cc(Cl)ccc21. The molecule has 3 heterocycles. The molecular weight excluding hydrogens is 442 g/mol. The van der Waals surface area contributed by atoms with Crippen LogP contribution >= 0.6 is 11.6 Å². The zero-order valence-electron chi connectivity index (χ0n) is 18.5. The van der Waals surface area contributed by atoms with Gasteiger partial charge in [0.2, 0.25) is 5.95 Å². The molecule has 1 saturated heterocycles. The number of hydrogen-bond acceptors (Lipinski definition) is 7. The van der Waals surface area contributed by atoms with Gasteiger partial charge >= 0.3 is 6.09 Å². The van der Waals surface area contributed by atoms with Crippen LogP contribution in [0, 0.1) is 11.3 Å². The van der Waals surface area contributed by atoms with Crippen LogP contribution in [-0.4, -0.2) is 66.8 Å². The van der Waals surface area contributed by atoms with Crippen LogP contribution in [0.15, 0.2) is 46.9 Å². The normalized spacial score (nSPS) is 19.9. The summed E-state index contributed by atoms with van der Waals surface area (Å²) in [4.78, 5) is 27.1. The monoisotopic (exact) mass is 467 g/mol. The molecule has 1 aliphatic carbocycles. The molecule has 1 aromatic carbocycles. The highest BCUT2D eigenvalue weighted by molar-refractivity contribution is 6.30. The Morgan fingerprint density at radius 3 is 2.70 bits per heavy atom. The van der Waals surface area contributed by atoms with E-state index in [1.165, 1.54) is 7.11 Å². The first-order valence-corrected chi connectivity index (χ1v) is 11.3. The molecule has 0 unspecified atom stereocenters. The molecule has 9 nitrogen and oxygen atoms in total. The Bertz CT molecular complexity index is 1080. The Morgan fingerprint density at radius 2 is 2.00 bits per heavy atom. The summed E-state index contributed by atoms with van der Waals surface area (Å²) in [6, 6.07) is 7.59. The molecule has 2 fully saturated rings. The van der Waals surface area contributed by atoms with Crippen LogP contribution in [0.3, 0.4) is 0 Å². The van der Waals surface area contributed by atoms with Crippen LogP contribution in [0.2, 0.25) is 5.02 Å². The number of aromatic nitrogens is 2. The van der Waals surface area contributed by atoms with E-state index in [4.69, 9.17) is 16.3 Å². The van der Waals surface area contributed by atoms with E-state index < -0.39 is 0 Å². The third-order valence-electron chi connectivity index (χ3n) is 6.78. The standard InChI is InChI=1S/C23H26ClN7O2/c1-25-28-20(17-11-23(12-17)14-30(15-23)21-26-6-3-7-27-21)31-9-8-29(22(32)33-2)13-16-10-18(24)4-5-19(16)31/h3-7,10,17H,1,8-9,11-15H2,2H3/b28-20-. The van der Waals surface area contributed by atoms with Crippen molar-refractivity contribution in [2.24, 2.45) is 21.5 Å². The summed E-state index contributed by atoms with van der Waals surface area (Å²) in [6.45, 7) is 7.03. The summed E-state index contributed by atoms with van der Waals surface area (Å²) in [7, 11) is 1.40. The second-order valence-corrected chi connectivity index (χ2v) is 9.36. The fourth-order valence-corrected chi connectivity index (χ4v) is 5.50. The Morgan fingerprint density at radius 1 is 1.24 bits per heavy atom. The third kappa shape index (κ3) is 4.01. The van der Waals surface area contributed by atoms with Crippen molar-refractivity contribution in [3.05, 3.63) is 47.2 Å². The average Bonchev–Trinajstić information content (AvgIpc) is 2.96. The van der Waals surface area contributed by atoms with E-state index in [1.807, 2.05) is 24.3 Å². The van der Waals surface area contributed by atoms with Gasteiger partial charge in [-0.1, -0.05) is 11.6 Å². The number of methoxy groups -OCH3 is 1. The molecule has 0 radical (unpaired) electrons. The molecule has 10 heteroatoms. The quantitative estimate of drug-likeness (QED) is 0.390. The average molecular weight is 468 g/mol. The molecule has 172 valence electrons. The first-order chi connectivity index (χ1) is 16.0. The second kappa shape index (κ2) is 8.62. The van der Waals surface area contributed by atoms with Crippen LogP contribution in [0.4, 0.5) is 16.4 Å². The lowest BCUT2D eigenvalue weighted by molar-refractivity contribution is 0.0552. The van der Waals surface area contributed by atoms with Gasteiger partial charge in [-0.2, -0.15) is 5.10 Å². The van der Waals surface area contributed by atoms with Gasteiger partial charge in [0, 0.05) is 67.3 Å². The number of nitrogens with zero attached hydrogens (tertiary/aromatic N) is 7. The minimum absolute atomic E-state index is 0.262. The van der Waals surface area contributed by atoms with Gasteiger partial charge in [0.1, 0.15) is 5.84 Å². The lowest BCUT2D eigenvalue weighted by atomic mass is 9.57. The van der Waals surface area contributed by atoms with Crippen LogP contribution in [0.1, 0.15) is 18.4 Å². The summed E-state index contributed by atoms with van der Waals surface area (Å²) in [6.07, 6.45) is 5.23. The number of benzene rings is 1. The number of hydrogen-bond donors (Lipinski definition) is 0. The Balaban J connectivity index is 1.35. The van der Waals surface area contributed by atoms with E-state index in [1.54, 1.807) is 17.3 Å². The van der Waals surface area contributed by atoms with Crippen LogP contribution in [-0.2, 0) is 11.3 Å². The van der Waals surface area contributed by atoms with Crippen molar-refractivity contribution in [2.75, 3.05) is 43.1 Å². The second-order valence-electron chi connectivity index (χ2n) is 8.93. The maximum absolute atomic E-state index is 12.3. The highest BCUT2D eigenvalue weighted by atomic mass is 35.5. The lowest BCUT2D eigenvalue weighted by Gasteiger charge is -2.59. The molecule has 1 spiro atoms. The van der Waals surface area contributed by atoms with Crippen LogP contribution < -0.4 is 9.80 Å². The van der Waals surface area contributed by atoms with E-state index in [0.29, 0.717) is 24.7 Å². The number of fused-ring (bicyclic) bond motifs is 1. The molecule has 2 aliphatic heterocycles. The summed E-state index contributed by atoms with van der Waals surface area (Å²) in [5.41, 5.74) is 2.20. The molecule has 33 heavy (non-hydrogen) atoms. The van der Waals surface area contributed by atoms with Gasteiger partial charge < -0.3 is 19.4 Å². The Hall–Kier alpha value is -3.20. The first kappa shape index (κ1) is 21.6. The van der Waals surface area contributed by atoms with Crippen LogP contribution in [0.5, 0.6) is 0 Å². The summed E-state index contributed by atoms with van der Waals surface area (Å²) in [5.74, 6) is 1.94. The number of ether oxygens (including phenoxy) is 1. The van der Waals surface area contributed by atoms with E-state index in [0.717, 1.165) is 49.0 Å².